The van der Waals surface area contributed by atoms with Crippen molar-refractivity contribution in [2.45, 2.75) is 64.0 Å². The number of nitrogens with one attached hydrogen (secondary N) is 1. The molecule has 1 rings (SSSR count). The van der Waals surface area contributed by atoms with E-state index in [2.05, 4.69) is 12.2 Å². The first-order valence-corrected chi connectivity index (χ1v) is 5.73. The molecule has 1 aliphatic rings. The summed E-state index contributed by atoms with van der Waals surface area (Å²) in [5, 5.41) is 12.7. The Morgan fingerprint density at radius 2 is 2.00 bits per heavy atom. The van der Waals surface area contributed by atoms with Gasteiger partial charge in [-0.2, -0.15) is 0 Å². The molecule has 0 aromatic rings. The van der Waals surface area contributed by atoms with E-state index in [1.54, 1.807) is 0 Å². The third-order valence-corrected chi connectivity index (χ3v) is 2.93. The van der Waals surface area contributed by atoms with Crippen LogP contribution in [-0.4, -0.2) is 23.8 Å². The summed E-state index contributed by atoms with van der Waals surface area (Å²) >= 11 is 0. The molecule has 0 amide bonds. The molecule has 13 heavy (non-hydrogen) atoms. The Morgan fingerprint density at radius 1 is 1.31 bits per heavy atom. The number of rotatable bonds is 5. The van der Waals surface area contributed by atoms with Crippen LogP contribution >= 0.6 is 0 Å². The van der Waals surface area contributed by atoms with Crippen molar-refractivity contribution in [3.8, 4) is 0 Å². The molecule has 1 fully saturated rings. The molecule has 1 saturated carbocycles. The molecule has 0 aliphatic heterocycles. The number of hydrogen-bond acceptors (Lipinski definition) is 2. The molecule has 1 atom stereocenters. The highest BCUT2D eigenvalue weighted by molar-refractivity contribution is 4.76. The average molecular weight is 185 g/mol. The van der Waals surface area contributed by atoms with Crippen LogP contribution in [-0.2, 0) is 0 Å². The van der Waals surface area contributed by atoms with Gasteiger partial charge in [0.25, 0.3) is 0 Å². The van der Waals surface area contributed by atoms with Crippen molar-refractivity contribution >= 4 is 0 Å². The summed E-state index contributed by atoms with van der Waals surface area (Å²) in [5.74, 6) is 0. The highest BCUT2D eigenvalue weighted by Gasteiger charge is 2.16. The van der Waals surface area contributed by atoms with Crippen molar-refractivity contribution in [2.75, 3.05) is 6.61 Å². The molecular weight excluding hydrogens is 162 g/mol. The first-order valence-electron chi connectivity index (χ1n) is 5.73. The maximum absolute atomic E-state index is 9.13. The fraction of sp³-hybridized carbons (Fsp3) is 1.00. The quantitative estimate of drug-likeness (QED) is 0.687. The highest BCUT2D eigenvalue weighted by Crippen LogP contribution is 2.18. The van der Waals surface area contributed by atoms with Gasteiger partial charge in [-0.15, -0.1) is 0 Å². The van der Waals surface area contributed by atoms with E-state index in [4.69, 9.17) is 5.11 Å². The molecule has 0 spiro atoms. The van der Waals surface area contributed by atoms with Crippen LogP contribution in [0.25, 0.3) is 0 Å². The standard InChI is InChI=1S/C11H23NO/c1-2-6-11(9-13)12-10-7-4-3-5-8-10/h10-13H,2-9H2,1H3. The summed E-state index contributed by atoms with van der Waals surface area (Å²) in [6, 6.07) is 1.02. The van der Waals surface area contributed by atoms with Crippen molar-refractivity contribution in [1.82, 2.24) is 5.32 Å². The van der Waals surface area contributed by atoms with Crippen molar-refractivity contribution in [3.63, 3.8) is 0 Å². The second-order valence-electron chi connectivity index (χ2n) is 4.17. The average Bonchev–Trinajstić information content (AvgIpc) is 2.19. The lowest BCUT2D eigenvalue weighted by Gasteiger charge is -2.27. The van der Waals surface area contributed by atoms with E-state index in [-0.39, 0.29) is 0 Å². The SMILES string of the molecule is CCCC(CO)NC1CCCCC1. The third-order valence-electron chi connectivity index (χ3n) is 2.93. The van der Waals surface area contributed by atoms with E-state index in [1.165, 1.54) is 32.1 Å². The molecule has 0 aromatic carbocycles. The number of aliphatic hydroxyl groups excluding tert-OH is 1. The Hall–Kier alpha value is -0.0800. The Morgan fingerprint density at radius 3 is 2.54 bits per heavy atom. The van der Waals surface area contributed by atoms with Gasteiger partial charge < -0.3 is 10.4 Å². The molecule has 78 valence electrons. The van der Waals surface area contributed by atoms with Gasteiger partial charge in [0, 0.05) is 12.1 Å². The summed E-state index contributed by atoms with van der Waals surface area (Å²) < 4.78 is 0. The first kappa shape index (κ1) is 11.0. The number of hydrogen-bond donors (Lipinski definition) is 2. The normalized spacial score (nSPS) is 21.7. The highest BCUT2D eigenvalue weighted by atomic mass is 16.3. The van der Waals surface area contributed by atoms with Crippen LogP contribution in [0, 0.1) is 0 Å². The van der Waals surface area contributed by atoms with Crippen LogP contribution in [0.3, 0.4) is 0 Å². The van der Waals surface area contributed by atoms with Crippen molar-refractivity contribution < 1.29 is 5.11 Å². The molecule has 1 unspecified atom stereocenters. The lowest BCUT2D eigenvalue weighted by molar-refractivity contribution is 0.211. The van der Waals surface area contributed by atoms with E-state index in [0.29, 0.717) is 18.7 Å². The summed E-state index contributed by atoms with van der Waals surface area (Å²) in [6.45, 7) is 2.47. The fourth-order valence-electron chi connectivity index (χ4n) is 2.18. The Kier molecular flexibility index (Phi) is 5.40. The summed E-state index contributed by atoms with van der Waals surface area (Å²) in [5.41, 5.74) is 0. The third kappa shape index (κ3) is 4.10. The van der Waals surface area contributed by atoms with E-state index in [9.17, 15) is 0 Å². The van der Waals surface area contributed by atoms with Crippen LogP contribution in [0.4, 0.5) is 0 Å². The maximum Gasteiger partial charge on any atom is 0.0584 e. The summed E-state index contributed by atoms with van der Waals surface area (Å²) in [4.78, 5) is 0. The van der Waals surface area contributed by atoms with Crippen LogP contribution in [0.1, 0.15) is 51.9 Å². The predicted molar refractivity (Wildman–Crippen MR) is 55.8 cm³/mol. The van der Waals surface area contributed by atoms with Crippen molar-refractivity contribution in [2.24, 2.45) is 0 Å². The van der Waals surface area contributed by atoms with Crippen LogP contribution < -0.4 is 5.32 Å². The van der Waals surface area contributed by atoms with Gasteiger partial charge in [0.05, 0.1) is 6.61 Å². The topological polar surface area (TPSA) is 32.3 Å². The van der Waals surface area contributed by atoms with Gasteiger partial charge in [-0.1, -0.05) is 32.6 Å². The van der Waals surface area contributed by atoms with E-state index < -0.39 is 0 Å². The van der Waals surface area contributed by atoms with Gasteiger partial charge in [-0.3, -0.25) is 0 Å². The minimum Gasteiger partial charge on any atom is -0.395 e. The Labute approximate surface area is 81.7 Å². The predicted octanol–water partition coefficient (Wildman–Crippen LogP) is 2.07. The van der Waals surface area contributed by atoms with Gasteiger partial charge in [0.2, 0.25) is 0 Å². The molecular formula is C11H23NO. The zero-order valence-electron chi connectivity index (χ0n) is 8.76. The minimum absolute atomic E-state index is 0.296. The lowest BCUT2D eigenvalue weighted by atomic mass is 9.94. The summed E-state index contributed by atoms with van der Waals surface area (Å²) in [6.07, 6.45) is 9.00. The molecule has 0 aromatic heterocycles. The maximum atomic E-state index is 9.13. The second-order valence-corrected chi connectivity index (χ2v) is 4.17. The molecule has 0 bridgehead atoms. The Balaban J connectivity index is 2.18. The molecule has 2 N–H and O–H groups in total. The largest absolute Gasteiger partial charge is 0.395 e. The van der Waals surface area contributed by atoms with Crippen molar-refractivity contribution in [3.05, 3.63) is 0 Å². The second kappa shape index (κ2) is 6.39. The van der Waals surface area contributed by atoms with Gasteiger partial charge in [-0.25, -0.2) is 0 Å². The minimum atomic E-state index is 0.296. The zero-order chi connectivity index (χ0) is 9.52. The zero-order valence-corrected chi connectivity index (χ0v) is 8.76. The molecule has 1 aliphatic carbocycles. The first-order chi connectivity index (χ1) is 6.36. The molecule has 2 heteroatoms. The molecule has 0 saturated heterocycles. The van der Waals surface area contributed by atoms with Gasteiger partial charge in [0.15, 0.2) is 0 Å². The van der Waals surface area contributed by atoms with Crippen LogP contribution in [0.2, 0.25) is 0 Å². The van der Waals surface area contributed by atoms with E-state index >= 15 is 0 Å². The van der Waals surface area contributed by atoms with E-state index in [1.807, 2.05) is 0 Å². The monoisotopic (exact) mass is 185 g/mol. The number of aliphatic hydroxyl groups is 1. The van der Waals surface area contributed by atoms with Crippen molar-refractivity contribution in [1.29, 1.82) is 0 Å². The van der Waals surface area contributed by atoms with Crippen LogP contribution in [0.5, 0.6) is 0 Å². The molecule has 0 heterocycles. The molecule has 0 radical (unpaired) electrons. The van der Waals surface area contributed by atoms with Gasteiger partial charge >= 0.3 is 0 Å². The van der Waals surface area contributed by atoms with E-state index in [0.717, 1.165) is 12.8 Å². The van der Waals surface area contributed by atoms with Gasteiger partial charge in [-0.05, 0) is 19.3 Å². The van der Waals surface area contributed by atoms with Gasteiger partial charge in [0.1, 0.15) is 0 Å². The Bertz CT molecular complexity index is 119. The summed E-state index contributed by atoms with van der Waals surface area (Å²) in [7, 11) is 0. The fourth-order valence-corrected chi connectivity index (χ4v) is 2.18. The molecule has 2 nitrogen and oxygen atoms in total. The van der Waals surface area contributed by atoms with Crippen LogP contribution in [0.15, 0.2) is 0 Å². The lowest BCUT2D eigenvalue weighted by Crippen LogP contribution is -2.41. The smallest absolute Gasteiger partial charge is 0.0584 e.